The first-order chi connectivity index (χ1) is 12.5. The second-order valence-corrected chi connectivity index (χ2v) is 7.33. The molecule has 0 aromatic heterocycles. The van der Waals surface area contributed by atoms with Gasteiger partial charge in [-0.25, -0.2) is 0 Å². The summed E-state index contributed by atoms with van der Waals surface area (Å²) in [6, 6.07) is 5.49. The third-order valence-electron chi connectivity index (χ3n) is 4.45. The van der Waals surface area contributed by atoms with E-state index in [-0.39, 0.29) is 9.83 Å². The number of hydrogen-bond donors (Lipinski definition) is 1. The summed E-state index contributed by atoms with van der Waals surface area (Å²) < 4.78 is 11.4. The molecule has 1 aliphatic carbocycles. The Hall–Kier alpha value is -1.54. The van der Waals surface area contributed by atoms with Crippen molar-refractivity contribution in [2.45, 2.75) is 24.7 Å². The number of nitrogens with zero attached hydrogens (tertiary/aromatic N) is 1. The third kappa shape index (κ3) is 5.23. The Morgan fingerprint density at radius 1 is 1.27 bits per heavy atom. The van der Waals surface area contributed by atoms with E-state index in [4.69, 9.17) is 9.47 Å². The van der Waals surface area contributed by atoms with E-state index in [0.29, 0.717) is 18.0 Å². The highest BCUT2D eigenvalue weighted by molar-refractivity contribution is 14.1. The quantitative estimate of drug-likeness (QED) is 0.437. The fraction of sp³-hybridized carbons (Fsp3) is 0.450. The molecule has 1 amide bonds. The Bertz CT molecular complexity index is 696. The van der Waals surface area contributed by atoms with Crippen molar-refractivity contribution in [1.82, 2.24) is 4.90 Å². The molecule has 0 spiro atoms. The number of halogens is 1. The van der Waals surface area contributed by atoms with Crippen molar-refractivity contribution in [3.05, 3.63) is 41.5 Å². The molecule has 0 saturated heterocycles. The first-order valence-corrected chi connectivity index (χ1v) is 10.1. The normalized spacial score (nSPS) is 16.3. The van der Waals surface area contributed by atoms with Crippen molar-refractivity contribution >= 4 is 34.2 Å². The highest BCUT2D eigenvalue weighted by Gasteiger charge is 2.23. The maximum absolute atomic E-state index is 12.5. The van der Waals surface area contributed by atoms with Crippen LogP contribution in [-0.2, 0) is 4.79 Å². The molecule has 6 heteroatoms. The second kappa shape index (κ2) is 9.97. The number of allylic oxidation sites excluding steroid dienone is 3. The SMILES string of the molecule is CCN(CC)CCOc1ccc(NC(=O)C2=CC=C(C)C2I)c(OC)c1. The first-order valence-electron chi connectivity index (χ1n) is 8.87. The lowest BCUT2D eigenvalue weighted by Gasteiger charge is -2.18. The fourth-order valence-corrected chi connectivity index (χ4v) is 3.42. The lowest BCUT2D eigenvalue weighted by atomic mass is 10.1. The van der Waals surface area contributed by atoms with Crippen LogP contribution in [0.3, 0.4) is 0 Å². The monoisotopic (exact) mass is 470 g/mol. The van der Waals surface area contributed by atoms with Crippen molar-refractivity contribution in [2.24, 2.45) is 0 Å². The summed E-state index contributed by atoms with van der Waals surface area (Å²) in [5.74, 6) is 1.22. The Morgan fingerprint density at radius 3 is 2.58 bits per heavy atom. The minimum Gasteiger partial charge on any atom is -0.494 e. The molecule has 5 nitrogen and oxygen atoms in total. The van der Waals surface area contributed by atoms with Crippen LogP contribution in [0.4, 0.5) is 5.69 Å². The molecule has 1 aliphatic rings. The smallest absolute Gasteiger partial charge is 0.253 e. The van der Waals surface area contributed by atoms with E-state index >= 15 is 0 Å². The van der Waals surface area contributed by atoms with Crippen LogP contribution in [0.1, 0.15) is 20.8 Å². The van der Waals surface area contributed by atoms with E-state index in [2.05, 4.69) is 46.7 Å². The molecule has 1 N–H and O–H groups in total. The van der Waals surface area contributed by atoms with E-state index in [1.165, 1.54) is 5.57 Å². The molecule has 0 bridgehead atoms. The zero-order valence-corrected chi connectivity index (χ0v) is 18.0. The number of nitrogens with one attached hydrogen (secondary N) is 1. The van der Waals surface area contributed by atoms with Gasteiger partial charge in [-0.15, -0.1) is 0 Å². The van der Waals surface area contributed by atoms with Crippen molar-refractivity contribution in [3.8, 4) is 11.5 Å². The maximum Gasteiger partial charge on any atom is 0.253 e. The lowest BCUT2D eigenvalue weighted by molar-refractivity contribution is -0.112. The molecule has 0 fully saturated rings. The van der Waals surface area contributed by atoms with E-state index in [1.807, 2.05) is 37.3 Å². The van der Waals surface area contributed by atoms with Crippen LogP contribution >= 0.6 is 22.6 Å². The summed E-state index contributed by atoms with van der Waals surface area (Å²) in [6.07, 6.45) is 3.86. The van der Waals surface area contributed by atoms with E-state index in [0.717, 1.165) is 31.0 Å². The summed E-state index contributed by atoms with van der Waals surface area (Å²) in [6.45, 7) is 9.82. The van der Waals surface area contributed by atoms with Gasteiger partial charge in [0.2, 0.25) is 0 Å². The standard InChI is InChI=1S/C20H27IN2O3/c1-5-23(6-2)11-12-26-15-8-10-17(18(13-15)25-4)22-20(24)16-9-7-14(3)19(16)21/h7-10,13,19H,5-6,11-12H2,1-4H3,(H,22,24). The van der Waals surface area contributed by atoms with Crippen LogP contribution in [0.15, 0.2) is 41.5 Å². The van der Waals surface area contributed by atoms with Gasteiger partial charge < -0.3 is 19.7 Å². The Balaban J connectivity index is 1.99. The Morgan fingerprint density at radius 2 is 2.00 bits per heavy atom. The number of likely N-dealkylation sites (N-methyl/N-ethyl adjacent to an activating group) is 1. The minimum atomic E-state index is -0.106. The first kappa shape index (κ1) is 20.8. The number of ether oxygens (including phenoxy) is 2. The van der Waals surface area contributed by atoms with Crippen molar-refractivity contribution in [3.63, 3.8) is 0 Å². The molecule has 2 rings (SSSR count). The van der Waals surface area contributed by atoms with Crippen molar-refractivity contribution in [1.29, 1.82) is 0 Å². The molecule has 1 atom stereocenters. The Labute approximate surface area is 169 Å². The van der Waals surface area contributed by atoms with Gasteiger partial charge in [-0.2, -0.15) is 0 Å². The number of alkyl halides is 1. The molecule has 26 heavy (non-hydrogen) atoms. The van der Waals surface area contributed by atoms with Gasteiger partial charge in [-0.05, 0) is 32.1 Å². The Kier molecular flexibility index (Phi) is 7.96. The molecule has 1 aromatic carbocycles. The molecule has 0 saturated carbocycles. The number of rotatable bonds is 9. The van der Waals surface area contributed by atoms with E-state index in [9.17, 15) is 4.79 Å². The van der Waals surface area contributed by atoms with Gasteiger partial charge in [0.05, 0.1) is 16.7 Å². The van der Waals surface area contributed by atoms with Gasteiger partial charge in [0.1, 0.15) is 18.1 Å². The predicted octanol–water partition coefficient (Wildman–Crippen LogP) is 4.04. The van der Waals surface area contributed by atoms with Crippen LogP contribution in [0, 0.1) is 0 Å². The van der Waals surface area contributed by atoms with Gasteiger partial charge in [-0.3, -0.25) is 4.79 Å². The lowest BCUT2D eigenvalue weighted by Crippen LogP contribution is -2.27. The third-order valence-corrected chi connectivity index (χ3v) is 6.11. The molecule has 0 aliphatic heterocycles. The average molecular weight is 470 g/mol. The summed E-state index contributed by atoms with van der Waals surface area (Å²) in [7, 11) is 1.59. The van der Waals surface area contributed by atoms with Crippen molar-refractivity contribution < 1.29 is 14.3 Å². The topological polar surface area (TPSA) is 50.8 Å². The van der Waals surface area contributed by atoms with Gasteiger partial charge >= 0.3 is 0 Å². The molecule has 0 heterocycles. The largest absolute Gasteiger partial charge is 0.494 e. The van der Waals surface area contributed by atoms with Gasteiger partial charge in [0.15, 0.2) is 0 Å². The number of amides is 1. The molecule has 1 unspecified atom stereocenters. The number of methoxy groups -OCH3 is 1. The van der Waals surface area contributed by atoms with Gasteiger partial charge in [0, 0.05) is 18.2 Å². The average Bonchev–Trinajstić information content (AvgIpc) is 2.98. The fourth-order valence-electron chi connectivity index (χ4n) is 2.72. The van der Waals surface area contributed by atoms with Crippen molar-refractivity contribution in [2.75, 3.05) is 38.7 Å². The zero-order chi connectivity index (χ0) is 19.1. The summed E-state index contributed by atoms with van der Waals surface area (Å²) in [5.41, 5.74) is 2.58. The zero-order valence-electron chi connectivity index (χ0n) is 15.8. The number of benzene rings is 1. The van der Waals surface area contributed by atoms with E-state index < -0.39 is 0 Å². The van der Waals surface area contributed by atoms with Gasteiger partial charge in [0.25, 0.3) is 5.91 Å². The summed E-state index contributed by atoms with van der Waals surface area (Å²) in [4.78, 5) is 14.8. The highest BCUT2D eigenvalue weighted by atomic mass is 127. The summed E-state index contributed by atoms with van der Waals surface area (Å²) in [5, 5.41) is 2.94. The molecule has 0 radical (unpaired) electrons. The number of hydrogen-bond acceptors (Lipinski definition) is 4. The van der Waals surface area contributed by atoms with Crippen LogP contribution in [-0.4, -0.2) is 48.1 Å². The number of anilines is 1. The molecule has 1 aromatic rings. The molecular formula is C20H27IN2O3. The number of carbonyl (C=O) groups excluding carboxylic acids is 1. The molecular weight excluding hydrogens is 443 g/mol. The van der Waals surface area contributed by atoms with Crippen LogP contribution in [0.5, 0.6) is 11.5 Å². The van der Waals surface area contributed by atoms with Gasteiger partial charge in [-0.1, -0.05) is 54.2 Å². The summed E-state index contributed by atoms with van der Waals surface area (Å²) >= 11 is 2.28. The maximum atomic E-state index is 12.5. The minimum absolute atomic E-state index is 0.106. The predicted molar refractivity (Wildman–Crippen MR) is 115 cm³/mol. The van der Waals surface area contributed by atoms with Crippen LogP contribution in [0.2, 0.25) is 0 Å². The van der Waals surface area contributed by atoms with E-state index in [1.54, 1.807) is 7.11 Å². The highest BCUT2D eigenvalue weighted by Crippen LogP contribution is 2.32. The van der Waals surface area contributed by atoms with Crippen LogP contribution < -0.4 is 14.8 Å². The second-order valence-electron chi connectivity index (χ2n) is 6.09. The van der Waals surface area contributed by atoms with Crippen LogP contribution in [0.25, 0.3) is 0 Å². The molecule has 142 valence electrons. The number of carbonyl (C=O) groups is 1.